The largest absolute Gasteiger partial charge is 0.387 e. The first-order chi connectivity index (χ1) is 9.69. The standard InChI is InChI=1S/C10H14FN3O5S2/c1-12-9-6-7(14(15)16)5-8(11)10(9)21(18,19)13-3-4-20(2)17/h5-6,12-13H,3-4H2,1-2H3. The molecule has 0 aliphatic rings. The highest BCUT2D eigenvalue weighted by atomic mass is 32.2. The van der Waals surface area contributed by atoms with Crippen molar-refractivity contribution >= 4 is 32.2 Å². The lowest BCUT2D eigenvalue weighted by atomic mass is 10.2. The van der Waals surface area contributed by atoms with E-state index in [2.05, 4.69) is 10.0 Å². The summed E-state index contributed by atoms with van der Waals surface area (Å²) in [4.78, 5) is 9.11. The second kappa shape index (κ2) is 6.91. The van der Waals surface area contributed by atoms with E-state index in [0.717, 1.165) is 6.07 Å². The van der Waals surface area contributed by atoms with Gasteiger partial charge in [0.05, 0.1) is 16.7 Å². The summed E-state index contributed by atoms with van der Waals surface area (Å²) in [7, 11) is -4.10. The van der Waals surface area contributed by atoms with E-state index in [4.69, 9.17) is 0 Å². The molecule has 0 aliphatic carbocycles. The third-order valence-electron chi connectivity index (χ3n) is 2.46. The van der Waals surface area contributed by atoms with E-state index in [1.165, 1.54) is 13.3 Å². The van der Waals surface area contributed by atoms with Gasteiger partial charge < -0.3 is 5.32 Å². The van der Waals surface area contributed by atoms with Crippen LogP contribution in [0, 0.1) is 15.9 Å². The molecule has 0 amide bonds. The Balaban J connectivity index is 3.22. The van der Waals surface area contributed by atoms with Crippen LogP contribution >= 0.6 is 0 Å². The number of non-ortho nitro benzene ring substituents is 1. The summed E-state index contributed by atoms with van der Waals surface area (Å²) < 4.78 is 51.0. The van der Waals surface area contributed by atoms with Crippen LogP contribution < -0.4 is 10.0 Å². The smallest absolute Gasteiger partial charge is 0.274 e. The molecule has 1 rings (SSSR count). The van der Waals surface area contributed by atoms with Crippen molar-refractivity contribution in [2.75, 3.05) is 30.9 Å². The van der Waals surface area contributed by atoms with E-state index < -0.39 is 42.1 Å². The molecule has 1 unspecified atom stereocenters. The zero-order chi connectivity index (χ0) is 16.2. The Bertz CT molecular complexity index is 678. The molecular formula is C10H14FN3O5S2. The van der Waals surface area contributed by atoms with Crippen molar-refractivity contribution in [3.63, 3.8) is 0 Å². The first kappa shape index (κ1) is 17.5. The molecule has 1 aromatic carbocycles. The molecular weight excluding hydrogens is 325 g/mol. The molecule has 0 aliphatic heterocycles. The lowest BCUT2D eigenvalue weighted by Gasteiger charge is -2.11. The van der Waals surface area contributed by atoms with Crippen LogP contribution in [0.4, 0.5) is 15.8 Å². The second-order valence-electron chi connectivity index (χ2n) is 3.99. The Morgan fingerprint density at radius 2 is 2.05 bits per heavy atom. The Kier molecular flexibility index (Phi) is 5.75. The zero-order valence-corrected chi connectivity index (χ0v) is 12.9. The van der Waals surface area contributed by atoms with E-state index in [9.17, 15) is 27.1 Å². The molecule has 118 valence electrons. The maximum Gasteiger partial charge on any atom is 0.274 e. The molecule has 0 radical (unpaired) electrons. The fourth-order valence-corrected chi connectivity index (χ4v) is 3.34. The van der Waals surface area contributed by atoms with Crippen molar-refractivity contribution in [2.24, 2.45) is 0 Å². The number of sulfonamides is 1. The normalized spacial score (nSPS) is 12.9. The molecule has 2 N–H and O–H groups in total. The van der Waals surface area contributed by atoms with Gasteiger partial charge in [0, 0.05) is 42.5 Å². The molecule has 8 nitrogen and oxygen atoms in total. The topological polar surface area (TPSA) is 118 Å². The third-order valence-corrected chi connectivity index (χ3v) is 4.77. The molecule has 0 fully saturated rings. The van der Waals surface area contributed by atoms with Gasteiger partial charge in [-0.25, -0.2) is 17.5 Å². The minimum absolute atomic E-state index is 0.0721. The Morgan fingerprint density at radius 3 is 2.52 bits per heavy atom. The maximum atomic E-state index is 13.9. The molecule has 0 saturated carbocycles. The first-order valence-corrected chi connectivity index (χ1v) is 8.85. The highest BCUT2D eigenvalue weighted by Gasteiger charge is 2.26. The fourth-order valence-electron chi connectivity index (χ4n) is 1.54. The van der Waals surface area contributed by atoms with Gasteiger partial charge in [0.25, 0.3) is 5.69 Å². The van der Waals surface area contributed by atoms with Crippen molar-refractivity contribution in [3.05, 3.63) is 28.1 Å². The maximum absolute atomic E-state index is 13.9. The number of nitro benzene ring substituents is 1. The first-order valence-electron chi connectivity index (χ1n) is 5.64. The highest BCUT2D eigenvalue weighted by molar-refractivity contribution is 7.89. The molecule has 11 heteroatoms. The number of hydrogen-bond donors (Lipinski definition) is 2. The summed E-state index contributed by atoms with van der Waals surface area (Å²) in [5.41, 5.74) is -0.794. The zero-order valence-electron chi connectivity index (χ0n) is 11.3. The van der Waals surface area contributed by atoms with Gasteiger partial charge >= 0.3 is 0 Å². The predicted molar refractivity (Wildman–Crippen MR) is 76.7 cm³/mol. The van der Waals surface area contributed by atoms with Crippen molar-refractivity contribution < 1.29 is 21.9 Å². The highest BCUT2D eigenvalue weighted by Crippen LogP contribution is 2.29. The number of hydrogen-bond acceptors (Lipinski definition) is 6. The Labute approximate surface area is 123 Å². The molecule has 1 atom stereocenters. The predicted octanol–water partition coefficient (Wildman–Crippen LogP) is 0.432. The van der Waals surface area contributed by atoms with Crippen molar-refractivity contribution in [1.82, 2.24) is 4.72 Å². The summed E-state index contributed by atoms with van der Waals surface area (Å²) in [5.74, 6) is -1.17. The quantitative estimate of drug-likeness (QED) is 0.549. The molecule has 0 aromatic heterocycles. The lowest BCUT2D eigenvalue weighted by molar-refractivity contribution is -0.385. The van der Waals surface area contributed by atoms with Crippen molar-refractivity contribution in [1.29, 1.82) is 0 Å². The minimum atomic E-state index is -4.22. The van der Waals surface area contributed by atoms with Gasteiger partial charge in [-0.3, -0.25) is 14.3 Å². The van der Waals surface area contributed by atoms with Crippen LogP contribution in [0.2, 0.25) is 0 Å². The molecule has 0 bridgehead atoms. The van der Waals surface area contributed by atoms with Crippen LogP contribution in [0.3, 0.4) is 0 Å². The summed E-state index contributed by atoms with van der Waals surface area (Å²) in [6.07, 6.45) is 1.40. The SMILES string of the molecule is CNc1cc([N+](=O)[O-])cc(F)c1S(=O)(=O)NCCS(C)=O. The number of nitrogens with zero attached hydrogens (tertiary/aromatic N) is 1. The monoisotopic (exact) mass is 339 g/mol. The van der Waals surface area contributed by atoms with Gasteiger partial charge in [-0.1, -0.05) is 0 Å². The molecule has 0 saturated heterocycles. The van der Waals surface area contributed by atoms with Crippen LogP contribution in [0.5, 0.6) is 0 Å². The van der Waals surface area contributed by atoms with Gasteiger partial charge in [-0.2, -0.15) is 0 Å². The van der Waals surface area contributed by atoms with Gasteiger partial charge in [-0.15, -0.1) is 0 Å². The molecule has 0 spiro atoms. The Hall–Kier alpha value is -1.59. The minimum Gasteiger partial charge on any atom is -0.387 e. The van der Waals surface area contributed by atoms with Gasteiger partial charge in [-0.05, 0) is 0 Å². The number of rotatable bonds is 7. The second-order valence-corrected chi connectivity index (χ2v) is 7.24. The van der Waals surface area contributed by atoms with Gasteiger partial charge in [0.2, 0.25) is 10.0 Å². The molecule has 21 heavy (non-hydrogen) atoms. The van der Waals surface area contributed by atoms with Crippen LogP contribution in [-0.4, -0.2) is 43.2 Å². The fraction of sp³-hybridized carbons (Fsp3) is 0.400. The van der Waals surface area contributed by atoms with Crippen molar-refractivity contribution in [3.8, 4) is 0 Å². The van der Waals surface area contributed by atoms with Crippen LogP contribution in [0.1, 0.15) is 0 Å². The molecule has 0 heterocycles. The van der Waals surface area contributed by atoms with E-state index in [1.807, 2.05) is 0 Å². The van der Waals surface area contributed by atoms with E-state index in [1.54, 1.807) is 0 Å². The Morgan fingerprint density at radius 1 is 1.43 bits per heavy atom. The van der Waals surface area contributed by atoms with Crippen LogP contribution in [0.15, 0.2) is 17.0 Å². The van der Waals surface area contributed by atoms with E-state index in [0.29, 0.717) is 6.07 Å². The summed E-state index contributed by atoms with van der Waals surface area (Å²) in [6.45, 7) is -0.134. The molecule has 1 aromatic rings. The third kappa shape index (κ3) is 4.44. The van der Waals surface area contributed by atoms with Crippen molar-refractivity contribution in [2.45, 2.75) is 4.90 Å². The number of benzene rings is 1. The lowest BCUT2D eigenvalue weighted by Crippen LogP contribution is -2.29. The number of halogens is 1. The van der Waals surface area contributed by atoms with Gasteiger partial charge in [0.1, 0.15) is 4.90 Å². The average molecular weight is 339 g/mol. The number of anilines is 1. The van der Waals surface area contributed by atoms with E-state index in [-0.39, 0.29) is 18.0 Å². The van der Waals surface area contributed by atoms with Crippen LogP contribution in [-0.2, 0) is 20.8 Å². The summed E-state index contributed by atoms with van der Waals surface area (Å²) in [6, 6.07) is 1.46. The van der Waals surface area contributed by atoms with E-state index >= 15 is 0 Å². The average Bonchev–Trinajstić information content (AvgIpc) is 2.36. The summed E-state index contributed by atoms with van der Waals surface area (Å²) in [5, 5.41) is 13.1. The van der Waals surface area contributed by atoms with Crippen LogP contribution in [0.25, 0.3) is 0 Å². The van der Waals surface area contributed by atoms with Gasteiger partial charge in [0.15, 0.2) is 5.82 Å². The number of nitro groups is 1. The summed E-state index contributed by atoms with van der Waals surface area (Å²) >= 11 is 0. The number of nitrogens with one attached hydrogen (secondary N) is 2.